The number of imide groups is 1. The molecule has 0 radical (unpaired) electrons. The van der Waals surface area contributed by atoms with Crippen LogP contribution in [-0.4, -0.2) is 71.8 Å². The molecule has 0 saturated carbocycles. The van der Waals surface area contributed by atoms with Gasteiger partial charge in [-0.1, -0.05) is 48.6 Å². The number of amides is 2. The average Bonchev–Trinajstić information content (AvgIpc) is 3.30. The van der Waals surface area contributed by atoms with E-state index in [1.54, 1.807) is 26.2 Å². The van der Waals surface area contributed by atoms with E-state index < -0.39 is 41.8 Å². The summed E-state index contributed by atoms with van der Waals surface area (Å²) in [5, 5.41) is 10.8. The van der Waals surface area contributed by atoms with Gasteiger partial charge >= 0.3 is 0 Å². The molecule has 2 unspecified atom stereocenters. The van der Waals surface area contributed by atoms with Gasteiger partial charge in [-0.2, -0.15) is 0 Å². The highest BCUT2D eigenvalue weighted by atomic mass is 16.7. The van der Waals surface area contributed by atoms with E-state index in [2.05, 4.69) is 0 Å². The second-order valence-electron chi connectivity index (χ2n) is 8.70. The lowest BCUT2D eigenvalue weighted by Crippen LogP contribution is -2.59. The molecule has 32 heavy (non-hydrogen) atoms. The van der Waals surface area contributed by atoms with Crippen molar-refractivity contribution in [2.24, 2.45) is 5.92 Å². The molecule has 1 spiro atoms. The number of nitrogens with zero attached hydrogens (tertiary/aromatic N) is 1. The summed E-state index contributed by atoms with van der Waals surface area (Å²) < 4.78 is 24.0. The van der Waals surface area contributed by atoms with Crippen molar-refractivity contribution >= 4 is 11.8 Å². The van der Waals surface area contributed by atoms with Gasteiger partial charge in [0.15, 0.2) is 5.60 Å². The predicted molar refractivity (Wildman–Crippen MR) is 112 cm³/mol. The fourth-order valence-corrected chi connectivity index (χ4v) is 5.34. The quantitative estimate of drug-likeness (QED) is 0.526. The highest BCUT2D eigenvalue weighted by Gasteiger charge is 2.71. The van der Waals surface area contributed by atoms with E-state index in [4.69, 9.17) is 18.9 Å². The maximum atomic E-state index is 13.3. The molecule has 2 amide bonds. The Hall–Kier alpha value is -2.36. The zero-order valence-electron chi connectivity index (χ0n) is 18.0. The highest BCUT2D eigenvalue weighted by Crippen LogP contribution is 2.53. The molecule has 7 atom stereocenters. The first kappa shape index (κ1) is 21.5. The topological polar surface area (TPSA) is 94.5 Å². The van der Waals surface area contributed by atoms with E-state index in [1.807, 2.05) is 36.4 Å². The van der Waals surface area contributed by atoms with Gasteiger partial charge < -0.3 is 24.1 Å². The lowest BCUT2D eigenvalue weighted by Gasteiger charge is -2.43. The molecule has 3 heterocycles. The summed E-state index contributed by atoms with van der Waals surface area (Å²) >= 11 is 0. The molecule has 4 aliphatic rings. The summed E-state index contributed by atoms with van der Waals surface area (Å²) in [6, 6.07) is 9.55. The number of hydrogen-bond acceptors (Lipinski definition) is 7. The molecular weight excluding hydrogens is 414 g/mol. The Balaban J connectivity index is 1.35. The van der Waals surface area contributed by atoms with E-state index in [0.29, 0.717) is 12.0 Å². The van der Waals surface area contributed by atoms with E-state index in [9.17, 15) is 14.7 Å². The van der Waals surface area contributed by atoms with Crippen LogP contribution in [0.5, 0.6) is 0 Å². The minimum atomic E-state index is -1.06. The van der Waals surface area contributed by atoms with Crippen molar-refractivity contribution < 1.29 is 33.6 Å². The average molecular weight is 441 g/mol. The zero-order chi connectivity index (χ0) is 22.5. The Bertz CT molecular complexity index is 960. The van der Waals surface area contributed by atoms with Gasteiger partial charge in [0.05, 0.1) is 18.6 Å². The van der Waals surface area contributed by atoms with Gasteiger partial charge in [-0.05, 0) is 18.9 Å². The molecule has 1 aliphatic carbocycles. The number of aliphatic hydroxyl groups is 1. The molecule has 3 aliphatic heterocycles. The molecule has 2 saturated heterocycles. The number of methoxy groups -OCH3 is 1. The van der Waals surface area contributed by atoms with Crippen molar-refractivity contribution in [2.45, 2.75) is 56.1 Å². The largest absolute Gasteiger partial charge is 0.386 e. The lowest BCUT2D eigenvalue weighted by molar-refractivity contribution is -0.226. The molecule has 5 rings (SSSR count). The smallest absolute Gasteiger partial charge is 0.257 e. The van der Waals surface area contributed by atoms with Crippen LogP contribution >= 0.6 is 0 Å². The number of fused-ring (bicyclic) bond motifs is 1. The Labute approximate surface area is 186 Å². The normalized spacial score (nSPS) is 38.2. The number of rotatable bonds is 6. The fourth-order valence-electron chi connectivity index (χ4n) is 5.34. The summed E-state index contributed by atoms with van der Waals surface area (Å²) in [7, 11) is 1.55. The molecule has 1 aromatic carbocycles. The van der Waals surface area contributed by atoms with Crippen molar-refractivity contribution in [3.05, 3.63) is 59.7 Å². The number of aliphatic hydroxyl groups excluding tert-OH is 1. The molecule has 8 nitrogen and oxygen atoms in total. The van der Waals surface area contributed by atoms with E-state index >= 15 is 0 Å². The third-order valence-corrected chi connectivity index (χ3v) is 6.87. The van der Waals surface area contributed by atoms with Crippen LogP contribution in [0.4, 0.5) is 0 Å². The summed E-state index contributed by atoms with van der Waals surface area (Å²) in [6.07, 6.45) is 2.82. The molecule has 0 aromatic heterocycles. The second kappa shape index (κ2) is 8.20. The van der Waals surface area contributed by atoms with Crippen LogP contribution in [0, 0.1) is 5.92 Å². The van der Waals surface area contributed by atoms with E-state index in [0.717, 1.165) is 10.5 Å². The number of carbonyl (C=O) groups excluding carboxylic acids is 2. The lowest BCUT2D eigenvalue weighted by atomic mass is 9.81. The predicted octanol–water partition coefficient (Wildman–Crippen LogP) is 1.33. The molecule has 1 aromatic rings. The number of ether oxygens (including phenoxy) is 4. The second-order valence-corrected chi connectivity index (χ2v) is 8.70. The van der Waals surface area contributed by atoms with E-state index in [-0.39, 0.29) is 25.3 Å². The van der Waals surface area contributed by atoms with Crippen molar-refractivity contribution in [3.8, 4) is 0 Å². The van der Waals surface area contributed by atoms with Crippen LogP contribution in [-0.2, 0) is 35.1 Å². The number of carbonyl (C=O) groups is 2. The van der Waals surface area contributed by atoms with Gasteiger partial charge in [-0.15, -0.1) is 0 Å². The minimum absolute atomic E-state index is 0.153. The fraction of sp³-hybridized carbons (Fsp3) is 0.500. The van der Waals surface area contributed by atoms with Crippen molar-refractivity contribution in [2.75, 3.05) is 13.8 Å². The number of hydrogen-bond donors (Lipinski definition) is 1. The Kier molecular flexibility index (Phi) is 5.51. The van der Waals surface area contributed by atoms with Crippen molar-refractivity contribution in [1.82, 2.24) is 4.90 Å². The minimum Gasteiger partial charge on any atom is -0.386 e. The van der Waals surface area contributed by atoms with Crippen LogP contribution in [0.1, 0.15) is 18.9 Å². The van der Waals surface area contributed by atoms with Crippen LogP contribution < -0.4 is 0 Å². The first-order chi connectivity index (χ1) is 15.5. The molecular formula is C24H27NO7. The summed E-state index contributed by atoms with van der Waals surface area (Å²) in [5.74, 6) is -1.53. The van der Waals surface area contributed by atoms with Crippen molar-refractivity contribution in [1.29, 1.82) is 0 Å². The first-order valence-corrected chi connectivity index (χ1v) is 10.8. The monoisotopic (exact) mass is 441 g/mol. The van der Waals surface area contributed by atoms with Gasteiger partial charge in [-0.25, -0.2) is 0 Å². The Morgan fingerprint density at radius 1 is 1.22 bits per heavy atom. The van der Waals surface area contributed by atoms with E-state index in [1.165, 1.54) is 0 Å². The standard InChI is InChI=1S/C24H27NO7/c1-14-11-16(23(28)25(22(14)27)13-30-12-15-7-4-3-5-8-15)19-20-21(29-2)24(32-19)17(26)9-6-10-18(24)31-20/h3-9,11,16-21,26H,10,12-13H2,1-2H3/t16?,17-,18+,19-,20-,21-,24?/m0/s1. The van der Waals surface area contributed by atoms with Crippen molar-refractivity contribution in [3.63, 3.8) is 0 Å². The summed E-state index contributed by atoms with van der Waals surface area (Å²) in [4.78, 5) is 27.2. The zero-order valence-corrected chi connectivity index (χ0v) is 18.0. The maximum Gasteiger partial charge on any atom is 0.257 e. The Morgan fingerprint density at radius 3 is 2.75 bits per heavy atom. The third kappa shape index (κ3) is 3.17. The van der Waals surface area contributed by atoms with Crippen LogP contribution in [0.25, 0.3) is 0 Å². The summed E-state index contributed by atoms with van der Waals surface area (Å²) in [5.41, 5.74) is 0.332. The van der Waals surface area contributed by atoms with Crippen LogP contribution in [0.15, 0.2) is 54.1 Å². The Morgan fingerprint density at radius 2 is 2.00 bits per heavy atom. The van der Waals surface area contributed by atoms with Crippen LogP contribution in [0.2, 0.25) is 0 Å². The first-order valence-electron chi connectivity index (χ1n) is 10.8. The van der Waals surface area contributed by atoms with Gasteiger partial charge in [0, 0.05) is 12.7 Å². The number of benzene rings is 1. The highest BCUT2D eigenvalue weighted by molar-refractivity contribution is 6.08. The van der Waals surface area contributed by atoms with Gasteiger partial charge in [0.25, 0.3) is 5.91 Å². The van der Waals surface area contributed by atoms with Gasteiger partial charge in [-0.3, -0.25) is 14.5 Å². The maximum absolute atomic E-state index is 13.3. The third-order valence-electron chi connectivity index (χ3n) is 6.87. The molecule has 2 fully saturated rings. The molecule has 8 heteroatoms. The van der Waals surface area contributed by atoms with Gasteiger partial charge in [0.1, 0.15) is 31.1 Å². The summed E-state index contributed by atoms with van der Waals surface area (Å²) in [6.45, 7) is 1.80. The van der Waals surface area contributed by atoms with Crippen LogP contribution in [0.3, 0.4) is 0 Å². The molecule has 1 N–H and O–H groups in total. The molecule has 2 bridgehead atoms. The molecule has 170 valence electrons. The van der Waals surface area contributed by atoms with Gasteiger partial charge in [0.2, 0.25) is 5.91 Å². The SMILES string of the molecule is CO[C@H]1[C@H]2O[C@@H]3CC=C[C@H](O)C31O[C@H]2C1C=C(C)C(=O)N(COCc2ccccc2)C1=O.